The Labute approximate surface area is 202 Å². The molecule has 0 saturated heterocycles. The highest BCUT2D eigenvalue weighted by Crippen LogP contribution is 2.23. The van der Waals surface area contributed by atoms with Crippen LogP contribution in [0.3, 0.4) is 0 Å². The Morgan fingerprint density at radius 3 is 1.83 bits per heavy atom. The number of aryl methyl sites for hydroxylation is 1. The summed E-state index contributed by atoms with van der Waals surface area (Å²) in [4.78, 5) is 10.5. The minimum Gasteiger partial charge on any atom is -0.481 e. The maximum atomic E-state index is 12.9. The number of hydrogen-bond acceptors (Lipinski definition) is 6. The number of nitrogens with two attached hydrogens (primary N) is 1. The Morgan fingerprint density at radius 2 is 1.29 bits per heavy atom. The number of carbonyl (C=O) groups is 1. The lowest BCUT2D eigenvalue weighted by Crippen LogP contribution is -2.21. The van der Waals surface area contributed by atoms with E-state index in [0.717, 1.165) is 0 Å². The molecule has 3 aromatic rings. The predicted molar refractivity (Wildman–Crippen MR) is 132 cm³/mol. The van der Waals surface area contributed by atoms with Gasteiger partial charge in [0.05, 0.1) is 15.5 Å². The molecule has 13 heteroatoms. The summed E-state index contributed by atoms with van der Waals surface area (Å²) in [7, 11) is -8.15. The van der Waals surface area contributed by atoms with Gasteiger partial charge in [-0.3, -0.25) is 19.6 Å². The van der Waals surface area contributed by atoms with E-state index in [1.54, 1.807) is 12.1 Å². The average molecular weight is 518 g/mol. The van der Waals surface area contributed by atoms with Crippen LogP contribution in [-0.2, 0) is 31.3 Å². The van der Waals surface area contributed by atoms with Crippen molar-refractivity contribution < 1.29 is 26.7 Å². The largest absolute Gasteiger partial charge is 0.481 e. The van der Waals surface area contributed by atoms with Crippen molar-refractivity contribution in [3.05, 3.63) is 78.4 Å². The second-order valence-electron chi connectivity index (χ2n) is 7.40. The van der Waals surface area contributed by atoms with Crippen LogP contribution in [0.5, 0.6) is 0 Å². The molecule has 0 aliphatic carbocycles. The predicted octanol–water partition coefficient (Wildman–Crippen LogP) is 2.61. The molecule has 11 nitrogen and oxygen atoms in total. The summed E-state index contributed by atoms with van der Waals surface area (Å²) in [6.07, 6.45) is 0.150. The highest BCUT2D eigenvalue weighted by Gasteiger charge is 2.19. The molecule has 0 radical (unpaired) electrons. The van der Waals surface area contributed by atoms with Crippen LogP contribution in [0.1, 0.15) is 12.0 Å². The molecule has 7 N–H and O–H groups in total. The molecule has 0 amide bonds. The Hall–Kier alpha value is -4.10. The Bertz CT molecular complexity index is 1470. The third-order valence-corrected chi connectivity index (χ3v) is 7.38. The van der Waals surface area contributed by atoms with Crippen LogP contribution < -0.4 is 20.5 Å². The van der Waals surface area contributed by atoms with E-state index in [9.17, 15) is 21.6 Å². The molecule has 0 atom stereocenters. The fourth-order valence-electron chi connectivity index (χ4n) is 3.09. The van der Waals surface area contributed by atoms with E-state index in [1.165, 1.54) is 60.7 Å². The quantitative estimate of drug-likeness (QED) is 0.174. The van der Waals surface area contributed by atoms with Gasteiger partial charge in [-0.2, -0.15) is 0 Å². The molecule has 0 bridgehead atoms. The molecule has 0 aromatic heterocycles. The SMILES string of the molecule is N=C(N)Nc1cccc(S(=O)(=O)Nc2cccc(S(=O)(=O)Nc3cccc(CCC(=O)O)c3)c2)c1. The zero-order chi connectivity index (χ0) is 25.6. The number of benzene rings is 3. The molecule has 0 fully saturated rings. The highest BCUT2D eigenvalue weighted by molar-refractivity contribution is 7.93. The molecular formula is C22H23N5O6S2. The van der Waals surface area contributed by atoms with Crippen molar-refractivity contribution >= 4 is 49.0 Å². The molecular weight excluding hydrogens is 494 g/mol. The Kier molecular flexibility index (Phi) is 7.62. The molecule has 3 aromatic carbocycles. The van der Waals surface area contributed by atoms with E-state index in [4.69, 9.17) is 16.2 Å². The van der Waals surface area contributed by atoms with Crippen molar-refractivity contribution in [2.45, 2.75) is 22.6 Å². The van der Waals surface area contributed by atoms with Crippen LogP contribution in [-0.4, -0.2) is 33.9 Å². The monoisotopic (exact) mass is 517 g/mol. The minimum atomic E-state index is -4.08. The number of carboxylic acid groups (broad SMARTS) is 1. The molecule has 0 saturated carbocycles. The highest BCUT2D eigenvalue weighted by atomic mass is 32.2. The first kappa shape index (κ1) is 25.5. The number of sulfonamides is 2. The number of rotatable bonds is 10. The third-order valence-electron chi connectivity index (χ3n) is 4.63. The van der Waals surface area contributed by atoms with E-state index in [0.29, 0.717) is 11.3 Å². The van der Waals surface area contributed by atoms with E-state index >= 15 is 0 Å². The minimum absolute atomic E-state index is 0.0213. The summed E-state index contributed by atoms with van der Waals surface area (Å²) in [5.41, 5.74) is 6.49. The van der Waals surface area contributed by atoms with Gasteiger partial charge in [-0.05, 0) is 60.5 Å². The zero-order valence-electron chi connectivity index (χ0n) is 18.2. The van der Waals surface area contributed by atoms with Crippen LogP contribution >= 0.6 is 0 Å². The van der Waals surface area contributed by atoms with Gasteiger partial charge in [0.1, 0.15) is 0 Å². The maximum Gasteiger partial charge on any atom is 0.303 e. The molecule has 0 unspecified atom stereocenters. The molecule has 0 aliphatic rings. The van der Waals surface area contributed by atoms with Crippen LogP contribution in [0.2, 0.25) is 0 Å². The van der Waals surface area contributed by atoms with Crippen molar-refractivity contribution in [3.63, 3.8) is 0 Å². The topological polar surface area (TPSA) is 192 Å². The van der Waals surface area contributed by atoms with Gasteiger partial charge in [-0.25, -0.2) is 16.8 Å². The average Bonchev–Trinajstić information content (AvgIpc) is 2.77. The number of guanidine groups is 1. The van der Waals surface area contributed by atoms with Crippen molar-refractivity contribution in [2.75, 3.05) is 14.8 Å². The summed E-state index contributed by atoms with van der Waals surface area (Å²) in [6, 6.07) is 17.3. The first-order chi connectivity index (χ1) is 16.4. The number of hydrogen-bond donors (Lipinski definition) is 6. The first-order valence-corrected chi connectivity index (χ1v) is 13.1. The van der Waals surface area contributed by atoms with Crippen LogP contribution in [0, 0.1) is 5.41 Å². The van der Waals surface area contributed by atoms with E-state index in [-0.39, 0.29) is 40.0 Å². The lowest BCUT2D eigenvalue weighted by atomic mass is 10.1. The molecule has 35 heavy (non-hydrogen) atoms. The summed E-state index contributed by atoms with van der Waals surface area (Å²) in [5.74, 6) is -1.32. The third kappa shape index (κ3) is 7.19. The Morgan fingerprint density at radius 1 is 0.800 bits per heavy atom. The van der Waals surface area contributed by atoms with Gasteiger partial charge in [0.2, 0.25) is 0 Å². The molecule has 0 heterocycles. The smallest absolute Gasteiger partial charge is 0.303 e. The van der Waals surface area contributed by atoms with Gasteiger partial charge in [0, 0.05) is 17.8 Å². The summed E-state index contributed by atoms with van der Waals surface area (Å²) < 4.78 is 56.2. The first-order valence-electron chi connectivity index (χ1n) is 10.1. The van der Waals surface area contributed by atoms with Crippen molar-refractivity contribution in [1.82, 2.24) is 0 Å². The molecule has 0 spiro atoms. The molecule has 3 rings (SSSR count). The number of nitrogens with one attached hydrogen (secondary N) is 4. The second kappa shape index (κ2) is 10.4. The van der Waals surface area contributed by atoms with Gasteiger partial charge >= 0.3 is 5.97 Å². The number of aliphatic carboxylic acids is 1. The molecule has 0 aliphatic heterocycles. The van der Waals surface area contributed by atoms with Gasteiger partial charge in [-0.1, -0.05) is 24.3 Å². The van der Waals surface area contributed by atoms with Crippen LogP contribution in [0.4, 0.5) is 17.1 Å². The second-order valence-corrected chi connectivity index (χ2v) is 10.8. The van der Waals surface area contributed by atoms with E-state index in [2.05, 4.69) is 14.8 Å². The van der Waals surface area contributed by atoms with Gasteiger partial charge in [0.25, 0.3) is 20.0 Å². The van der Waals surface area contributed by atoms with E-state index < -0.39 is 26.0 Å². The van der Waals surface area contributed by atoms with Crippen LogP contribution in [0.25, 0.3) is 0 Å². The van der Waals surface area contributed by atoms with Gasteiger partial charge in [-0.15, -0.1) is 0 Å². The summed E-state index contributed by atoms with van der Waals surface area (Å²) >= 11 is 0. The summed E-state index contributed by atoms with van der Waals surface area (Å²) in [6.45, 7) is 0. The fourth-order valence-corrected chi connectivity index (χ4v) is 5.28. The number of carboxylic acids is 1. The van der Waals surface area contributed by atoms with Gasteiger partial charge in [0.15, 0.2) is 5.96 Å². The maximum absolute atomic E-state index is 12.9. The van der Waals surface area contributed by atoms with Crippen LogP contribution in [0.15, 0.2) is 82.6 Å². The normalized spacial score (nSPS) is 11.4. The lowest BCUT2D eigenvalue weighted by Gasteiger charge is -2.13. The Balaban J connectivity index is 1.80. The van der Waals surface area contributed by atoms with Gasteiger partial charge < -0.3 is 16.2 Å². The lowest BCUT2D eigenvalue weighted by molar-refractivity contribution is -0.136. The standard InChI is InChI=1S/C22H23N5O6S2/c23-22(24)25-16-5-2-8-19(13-16)34(30,31)27-18-7-3-9-20(14-18)35(32,33)26-17-6-1-4-15(12-17)10-11-21(28)29/h1-9,12-14,26-27H,10-11H2,(H,28,29)(H4,23,24,25). The molecule has 184 valence electrons. The van der Waals surface area contributed by atoms with Crippen molar-refractivity contribution in [2.24, 2.45) is 5.73 Å². The zero-order valence-corrected chi connectivity index (χ0v) is 19.9. The fraction of sp³-hybridized carbons (Fsp3) is 0.0909. The van der Waals surface area contributed by atoms with Crippen molar-refractivity contribution in [3.8, 4) is 0 Å². The van der Waals surface area contributed by atoms with Crippen molar-refractivity contribution in [1.29, 1.82) is 5.41 Å². The summed E-state index contributed by atoms with van der Waals surface area (Å²) in [5, 5.41) is 18.6. The number of anilines is 3. The van der Waals surface area contributed by atoms with E-state index in [1.807, 2.05) is 0 Å².